The number of nitrogens with two attached hydrogens (primary N) is 1. The molecule has 1 aliphatic rings. The molecule has 0 bridgehead atoms. The second-order valence-corrected chi connectivity index (χ2v) is 6.22. The Bertz CT molecular complexity index is 528. The lowest BCUT2D eigenvalue weighted by molar-refractivity contribution is 0.548. The van der Waals surface area contributed by atoms with Crippen LogP contribution in [0.4, 0.5) is 8.78 Å². The molecule has 0 atom stereocenters. The quantitative estimate of drug-likeness (QED) is 0.418. The van der Waals surface area contributed by atoms with Crippen molar-refractivity contribution < 1.29 is 8.78 Å². The predicted molar refractivity (Wildman–Crippen MR) is 96.6 cm³/mol. The summed E-state index contributed by atoms with van der Waals surface area (Å²) >= 11 is 0. The number of aliphatic imine (C=N–C) groups is 1. The normalized spacial score (nSPS) is 16.3. The molecule has 0 spiro atoms. The number of hydrogen-bond acceptors (Lipinski definition) is 1. The number of halogens is 3. The van der Waals surface area contributed by atoms with Crippen molar-refractivity contribution in [2.45, 2.75) is 38.5 Å². The van der Waals surface area contributed by atoms with Crippen molar-refractivity contribution in [2.75, 3.05) is 13.1 Å². The van der Waals surface area contributed by atoms with E-state index in [1.807, 2.05) is 0 Å². The first-order valence-corrected chi connectivity index (χ1v) is 7.42. The highest BCUT2D eigenvalue weighted by Gasteiger charge is 2.46. The van der Waals surface area contributed by atoms with Gasteiger partial charge in [0.1, 0.15) is 11.6 Å². The topological polar surface area (TPSA) is 50.4 Å². The summed E-state index contributed by atoms with van der Waals surface area (Å²) in [5.74, 6) is -0.0442. The fraction of sp³-hybridized carbons (Fsp3) is 0.562. The maximum Gasteiger partial charge on any atom is 0.188 e. The molecule has 1 fully saturated rings. The maximum absolute atomic E-state index is 13.9. The van der Waals surface area contributed by atoms with Gasteiger partial charge in [-0.3, -0.25) is 4.99 Å². The lowest BCUT2D eigenvalue weighted by Gasteiger charge is -2.15. The van der Waals surface area contributed by atoms with Crippen LogP contribution in [0.5, 0.6) is 0 Å². The molecule has 1 saturated carbocycles. The van der Waals surface area contributed by atoms with Crippen LogP contribution < -0.4 is 11.1 Å². The molecule has 6 heteroatoms. The van der Waals surface area contributed by atoms with Crippen molar-refractivity contribution in [1.29, 1.82) is 0 Å². The third-order valence-electron chi connectivity index (χ3n) is 3.94. The average Bonchev–Trinajstić information content (AvgIpc) is 3.17. The van der Waals surface area contributed by atoms with Crippen LogP contribution in [-0.2, 0) is 5.41 Å². The second kappa shape index (κ2) is 8.08. The Hall–Kier alpha value is -0.920. The van der Waals surface area contributed by atoms with Gasteiger partial charge in [-0.15, -0.1) is 24.0 Å². The van der Waals surface area contributed by atoms with Gasteiger partial charge < -0.3 is 11.1 Å². The Morgan fingerprint density at radius 1 is 1.36 bits per heavy atom. The zero-order valence-corrected chi connectivity index (χ0v) is 15.4. The van der Waals surface area contributed by atoms with Crippen molar-refractivity contribution in [3.05, 3.63) is 35.4 Å². The van der Waals surface area contributed by atoms with Crippen LogP contribution in [0, 0.1) is 17.6 Å². The van der Waals surface area contributed by atoms with Crippen molar-refractivity contribution in [2.24, 2.45) is 16.6 Å². The van der Waals surface area contributed by atoms with E-state index in [2.05, 4.69) is 24.2 Å². The van der Waals surface area contributed by atoms with Gasteiger partial charge in [0.2, 0.25) is 0 Å². The Balaban J connectivity index is 0.00000242. The van der Waals surface area contributed by atoms with E-state index in [0.717, 1.165) is 31.9 Å². The van der Waals surface area contributed by atoms with Crippen molar-refractivity contribution in [3.8, 4) is 0 Å². The van der Waals surface area contributed by atoms with Crippen LogP contribution in [0.25, 0.3) is 0 Å². The molecule has 0 saturated heterocycles. The van der Waals surface area contributed by atoms with E-state index in [4.69, 9.17) is 5.73 Å². The van der Waals surface area contributed by atoms with E-state index in [1.165, 1.54) is 12.1 Å². The first kappa shape index (κ1) is 19.1. The summed E-state index contributed by atoms with van der Waals surface area (Å²) in [7, 11) is 0. The summed E-state index contributed by atoms with van der Waals surface area (Å²) in [6, 6.07) is 3.76. The fourth-order valence-corrected chi connectivity index (χ4v) is 2.36. The molecule has 2 rings (SSSR count). The lowest BCUT2D eigenvalue weighted by atomic mass is 9.95. The van der Waals surface area contributed by atoms with Crippen molar-refractivity contribution >= 4 is 29.9 Å². The van der Waals surface area contributed by atoms with Gasteiger partial charge in [-0.25, -0.2) is 8.78 Å². The first-order chi connectivity index (χ1) is 9.93. The smallest absolute Gasteiger partial charge is 0.188 e. The molecule has 0 radical (unpaired) electrons. The molecule has 0 heterocycles. The minimum atomic E-state index is -0.551. The van der Waals surface area contributed by atoms with Gasteiger partial charge >= 0.3 is 0 Å². The molecule has 0 aliphatic heterocycles. The Kier molecular flexibility index (Phi) is 7.02. The first-order valence-electron chi connectivity index (χ1n) is 7.42. The van der Waals surface area contributed by atoms with Gasteiger partial charge in [0.05, 0.1) is 6.54 Å². The van der Waals surface area contributed by atoms with Gasteiger partial charge in [0.15, 0.2) is 5.96 Å². The van der Waals surface area contributed by atoms with Gasteiger partial charge in [-0.05, 0) is 36.8 Å². The molecular weight excluding hydrogens is 399 g/mol. The van der Waals surface area contributed by atoms with Crippen LogP contribution in [-0.4, -0.2) is 19.0 Å². The fourth-order valence-electron chi connectivity index (χ4n) is 2.36. The van der Waals surface area contributed by atoms with E-state index in [0.29, 0.717) is 24.0 Å². The Morgan fingerprint density at radius 2 is 2.05 bits per heavy atom. The van der Waals surface area contributed by atoms with Crippen molar-refractivity contribution in [1.82, 2.24) is 5.32 Å². The number of rotatable bonds is 6. The van der Waals surface area contributed by atoms with Crippen LogP contribution in [0.3, 0.4) is 0 Å². The minimum Gasteiger partial charge on any atom is -0.370 e. The van der Waals surface area contributed by atoms with E-state index >= 15 is 0 Å². The van der Waals surface area contributed by atoms with Crippen molar-refractivity contribution in [3.63, 3.8) is 0 Å². The van der Waals surface area contributed by atoms with Crippen LogP contribution in [0.15, 0.2) is 23.2 Å². The Morgan fingerprint density at radius 3 is 2.59 bits per heavy atom. The molecule has 124 valence electrons. The maximum atomic E-state index is 13.9. The third kappa shape index (κ3) is 5.07. The second-order valence-electron chi connectivity index (χ2n) is 6.22. The van der Waals surface area contributed by atoms with E-state index in [1.54, 1.807) is 0 Å². The van der Waals surface area contributed by atoms with E-state index in [9.17, 15) is 8.78 Å². The summed E-state index contributed by atoms with van der Waals surface area (Å²) in [5.41, 5.74) is 6.06. The van der Waals surface area contributed by atoms with Gasteiger partial charge in [-0.1, -0.05) is 19.9 Å². The van der Waals surface area contributed by atoms with E-state index in [-0.39, 0.29) is 29.4 Å². The van der Waals surface area contributed by atoms with Crippen LogP contribution in [0.2, 0.25) is 0 Å². The average molecular weight is 423 g/mol. The summed E-state index contributed by atoms with van der Waals surface area (Å²) in [5, 5.41) is 3.06. The van der Waals surface area contributed by atoms with Crippen LogP contribution in [0.1, 0.15) is 38.7 Å². The molecule has 1 aromatic rings. The number of benzene rings is 1. The molecule has 1 aliphatic carbocycles. The molecule has 0 amide bonds. The SMILES string of the molecule is CC(C)CCNC(N)=NCC1(c2ccc(F)cc2F)CC1.I. The Labute approximate surface area is 147 Å². The molecular formula is C16H24F2IN3. The number of hydrogen-bond donors (Lipinski definition) is 2. The number of nitrogens with one attached hydrogen (secondary N) is 1. The highest BCUT2D eigenvalue weighted by atomic mass is 127. The number of guanidine groups is 1. The van der Waals surface area contributed by atoms with Crippen LogP contribution >= 0.6 is 24.0 Å². The summed E-state index contributed by atoms with van der Waals surface area (Å²) < 4.78 is 26.8. The van der Waals surface area contributed by atoms with E-state index < -0.39 is 11.6 Å². The molecule has 22 heavy (non-hydrogen) atoms. The largest absolute Gasteiger partial charge is 0.370 e. The minimum absolute atomic E-state index is 0. The third-order valence-corrected chi connectivity index (χ3v) is 3.94. The standard InChI is InChI=1S/C16H23F2N3.HI/c1-11(2)5-8-20-15(19)21-10-16(6-7-16)13-4-3-12(17)9-14(13)18;/h3-4,9,11H,5-8,10H2,1-2H3,(H3,19,20,21);1H. The highest BCUT2D eigenvalue weighted by Crippen LogP contribution is 2.49. The monoisotopic (exact) mass is 423 g/mol. The molecule has 0 aromatic heterocycles. The highest BCUT2D eigenvalue weighted by molar-refractivity contribution is 14.0. The summed E-state index contributed by atoms with van der Waals surface area (Å²) in [4.78, 5) is 4.32. The summed E-state index contributed by atoms with van der Waals surface area (Å²) in [6.45, 7) is 5.51. The molecule has 3 nitrogen and oxygen atoms in total. The predicted octanol–water partition coefficient (Wildman–Crippen LogP) is 3.56. The van der Waals surface area contributed by atoms with Gasteiger partial charge in [0.25, 0.3) is 0 Å². The number of nitrogens with zero attached hydrogens (tertiary/aromatic N) is 1. The molecule has 3 N–H and O–H groups in total. The zero-order valence-electron chi connectivity index (χ0n) is 13.0. The van der Waals surface area contributed by atoms with Gasteiger partial charge in [-0.2, -0.15) is 0 Å². The molecule has 0 unspecified atom stereocenters. The lowest BCUT2D eigenvalue weighted by Crippen LogP contribution is -2.34. The zero-order chi connectivity index (χ0) is 15.5. The van der Waals surface area contributed by atoms with Gasteiger partial charge in [0, 0.05) is 18.0 Å². The summed E-state index contributed by atoms with van der Waals surface area (Å²) in [6.07, 6.45) is 2.74. The molecule has 1 aromatic carbocycles.